The van der Waals surface area contributed by atoms with Crippen LogP contribution >= 0.6 is 15.9 Å². The summed E-state index contributed by atoms with van der Waals surface area (Å²) in [6, 6.07) is 3.71. The minimum atomic E-state index is -0.0472. The van der Waals surface area contributed by atoms with Gasteiger partial charge >= 0.3 is 0 Å². The maximum absolute atomic E-state index is 11.7. The second kappa shape index (κ2) is 5.77. The first kappa shape index (κ1) is 12.8. The van der Waals surface area contributed by atoms with Crippen LogP contribution in [-0.4, -0.2) is 20.7 Å². The molecule has 0 saturated carbocycles. The van der Waals surface area contributed by atoms with Crippen LogP contribution in [0.5, 0.6) is 0 Å². The van der Waals surface area contributed by atoms with Gasteiger partial charge in [-0.05, 0) is 40.5 Å². The van der Waals surface area contributed by atoms with Gasteiger partial charge in [0.1, 0.15) is 4.60 Å². The van der Waals surface area contributed by atoms with Gasteiger partial charge in [0.25, 0.3) is 0 Å². The Balaban J connectivity index is 1.88. The molecule has 0 aliphatic carbocycles. The number of amides is 1. The highest BCUT2D eigenvalue weighted by atomic mass is 79.9. The second-order valence-corrected chi connectivity index (χ2v) is 4.65. The van der Waals surface area contributed by atoms with E-state index in [1.807, 2.05) is 25.3 Å². The highest BCUT2D eigenvalue weighted by Crippen LogP contribution is 2.16. The molecule has 0 aromatic carbocycles. The van der Waals surface area contributed by atoms with E-state index in [0.29, 0.717) is 18.7 Å². The minimum absolute atomic E-state index is 0.0472. The van der Waals surface area contributed by atoms with E-state index in [-0.39, 0.29) is 5.91 Å². The van der Waals surface area contributed by atoms with Gasteiger partial charge in [0.05, 0.1) is 11.9 Å². The van der Waals surface area contributed by atoms with Gasteiger partial charge in [0, 0.05) is 25.4 Å². The number of hydrogen-bond donors (Lipinski definition) is 1. The molecule has 0 spiro atoms. The van der Waals surface area contributed by atoms with Crippen molar-refractivity contribution in [1.29, 1.82) is 0 Å². The molecular weight excluding hydrogens is 296 g/mol. The van der Waals surface area contributed by atoms with Gasteiger partial charge < -0.3 is 5.32 Å². The van der Waals surface area contributed by atoms with Crippen LogP contribution in [-0.2, 0) is 11.3 Å². The van der Waals surface area contributed by atoms with Crippen molar-refractivity contribution in [3.63, 3.8) is 0 Å². The molecule has 1 amide bonds. The third kappa shape index (κ3) is 3.40. The van der Waals surface area contributed by atoms with Gasteiger partial charge in [0.2, 0.25) is 5.91 Å². The van der Waals surface area contributed by atoms with Crippen LogP contribution in [0.1, 0.15) is 12.0 Å². The van der Waals surface area contributed by atoms with Crippen molar-refractivity contribution >= 4 is 27.5 Å². The summed E-state index contributed by atoms with van der Waals surface area (Å²) in [5.74, 6) is -0.0472. The molecule has 5 nitrogen and oxygen atoms in total. The third-order valence-corrected chi connectivity index (χ3v) is 3.26. The van der Waals surface area contributed by atoms with Crippen LogP contribution in [0.25, 0.3) is 0 Å². The molecule has 2 rings (SSSR count). The Morgan fingerprint density at radius 1 is 1.56 bits per heavy atom. The molecule has 2 aromatic rings. The molecule has 2 heterocycles. The lowest BCUT2D eigenvalue weighted by Gasteiger charge is -2.06. The molecule has 94 valence electrons. The molecule has 6 heteroatoms. The fourth-order valence-electron chi connectivity index (χ4n) is 1.50. The van der Waals surface area contributed by atoms with Crippen LogP contribution in [0.3, 0.4) is 0 Å². The summed E-state index contributed by atoms with van der Waals surface area (Å²) in [4.78, 5) is 15.8. The summed E-state index contributed by atoms with van der Waals surface area (Å²) < 4.78 is 2.52. The van der Waals surface area contributed by atoms with E-state index in [2.05, 4.69) is 31.3 Å². The highest BCUT2D eigenvalue weighted by molar-refractivity contribution is 9.10. The first-order valence-corrected chi connectivity index (χ1v) is 6.34. The number of carbonyl (C=O) groups is 1. The van der Waals surface area contributed by atoms with Crippen LogP contribution in [0.2, 0.25) is 0 Å². The van der Waals surface area contributed by atoms with Gasteiger partial charge in [-0.2, -0.15) is 5.10 Å². The average molecular weight is 309 g/mol. The summed E-state index contributed by atoms with van der Waals surface area (Å²) in [5.41, 5.74) is 1.70. The number of anilines is 1. The zero-order valence-corrected chi connectivity index (χ0v) is 11.5. The number of halogens is 1. The second-order valence-electron chi connectivity index (χ2n) is 3.90. The molecule has 0 atom stereocenters. The van der Waals surface area contributed by atoms with Crippen molar-refractivity contribution in [3.05, 3.63) is 40.9 Å². The summed E-state index contributed by atoms with van der Waals surface area (Å²) >= 11 is 3.32. The van der Waals surface area contributed by atoms with E-state index in [4.69, 9.17) is 0 Å². The number of aryl methyl sites for hydroxylation is 2. The van der Waals surface area contributed by atoms with Crippen LogP contribution < -0.4 is 5.32 Å². The molecule has 1 N–H and O–H groups in total. The maximum atomic E-state index is 11.7. The van der Waals surface area contributed by atoms with Gasteiger partial charge in [-0.15, -0.1) is 0 Å². The van der Waals surface area contributed by atoms with Crippen LogP contribution in [0, 0.1) is 6.92 Å². The van der Waals surface area contributed by atoms with Gasteiger partial charge in [-0.25, -0.2) is 4.98 Å². The van der Waals surface area contributed by atoms with E-state index in [9.17, 15) is 4.79 Å². The van der Waals surface area contributed by atoms with Crippen molar-refractivity contribution < 1.29 is 4.79 Å². The predicted molar refractivity (Wildman–Crippen MR) is 72.1 cm³/mol. The minimum Gasteiger partial charge on any atom is -0.325 e. The lowest BCUT2D eigenvalue weighted by molar-refractivity contribution is -0.116. The van der Waals surface area contributed by atoms with Crippen molar-refractivity contribution in [2.24, 2.45) is 0 Å². The SMILES string of the molecule is Cc1cc(NC(=O)CCn2cccn2)cnc1Br. The summed E-state index contributed by atoms with van der Waals surface area (Å²) in [6.45, 7) is 2.50. The Labute approximate surface area is 113 Å². The number of carbonyl (C=O) groups excluding carboxylic acids is 1. The largest absolute Gasteiger partial charge is 0.325 e. The molecule has 0 fully saturated rings. The molecule has 0 unspecified atom stereocenters. The molecule has 2 aromatic heterocycles. The fraction of sp³-hybridized carbons (Fsp3) is 0.250. The number of rotatable bonds is 4. The smallest absolute Gasteiger partial charge is 0.226 e. The van der Waals surface area contributed by atoms with Crippen molar-refractivity contribution in [2.75, 3.05) is 5.32 Å². The lowest BCUT2D eigenvalue weighted by atomic mass is 10.3. The molecule has 0 bridgehead atoms. The lowest BCUT2D eigenvalue weighted by Crippen LogP contribution is -2.15. The monoisotopic (exact) mass is 308 g/mol. The zero-order chi connectivity index (χ0) is 13.0. The van der Waals surface area contributed by atoms with E-state index in [1.54, 1.807) is 17.1 Å². The summed E-state index contributed by atoms with van der Waals surface area (Å²) in [5, 5.41) is 6.85. The Morgan fingerprint density at radius 3 is 3.06 bits per heavy atom. The van der Waals surface area contributed by atoms with E-state index in [1.165, 1.54) is 0 Å². The van der Waals surface area contributed by atoms with Crippen LogP contribution in [0.4, 0.5) is 5.69 Å². The topological polar surface area (TPSA) is 59.8 Å². The first-order chi connectivity index (χ1) is 8.65. The van der Waals surface area contributed by atoms with E-state index < -0.39 is 0 Å². The normalized spacial score (nSPS) is 10.3. The predicted octanol–water partition coefficient (Wildman–Crippen LogP) is 2.38. The average Bonchev–Trinajstić information content (AvgIpc) is 2.84. The number of nitrogens with zero attached hydrogens (tertiary/aromatic N) is 3. The molecule has 0 radical (unpaired) electrons. The zero-order valence-electron chi connectivity index (χ0n) is 9.93. The highest BCUT2D eigenvalue weighted by Gasteiger charge is 2.04. The maximum Gasteiger partial charge on any atom is 0.226 e. The number of hydrogen-bond acceptors (Lipinski definition) is 3. The quantitative estimate of drug-likeness (QED) is 0.882. The molecule has 0 aliphatic heterocycles. The van der Waals surface area contributed by atoms with Gasteiger partial charge in [0.15, 0.2) is 0 Å². The molecular formula is C12H13BrN4O. The summed E-state index contributed by atoms with van der Waals surface area (Å²) in [7, 11) is 0. The number of pyridine rings is 1. The summed E-state index contributed by atoms with van der Waals surface area (Å²) in [6.07, 6.45) is 5.54. The Hall–Kier alpha value is -1.69. The number of aromatic nitrogens is 3. The first-order valence-electron chi connectivity index (χ1n) is 5.54. The van der Waals surface area contributed by atoms with Crippen molar-refractivity contribution in [2.45, 2.75) is 19.9 Å². The number of nitrogens with one attached hydrogen (secondary N) is 1. The fourth-order valence-corrected chi connectivity index (χ4v) is 1.72. The Kier molecular flexibility index (Phi) is 4.09. The molecule has 0 saturated heterocycles. The van der Waals surface area contributed by atoms with Crippen molar-refractivity contribution in [3.8, 4) is 0 Å². The molecule has 0 aliphatic rings. The molecule has 18 heavy (non-hydrogen) atoms. The van der Waals surface area contributed by atoms with Gasteiger partial charge in [-0.3, -0.25) is 9.48 Å². The van der Waals surface area contributed by atoms with E-state index >= 15 is 0 Å². The van der Waals surface area contributed by atoms with Crippen molar-refractivity contribution in [1.82, 2.24) is 14.8 Å². The Bertz CT molecular complexity index is 539. The standard InChI is InChI=1S/C12H13BrN4O/c1-9-7-10(8-14-12(9)13)16-11(18)3-6-17-5-2-4-15-17/h2,4-5,7-8H,3,6H2,1H3,(H,16,18). The third-order valence-electron chi connectivity index (χ3n) is 2.43. The van der Waals surface area contributed by atoms with E-state index in [0.717, 1.165) is 10.2 Å². The van der Waals surface area contributed by atoms with Crippen LogP contribution in [0.15, 0.2) is 35.3 Å². The Morgan fingerprint density at radius 2 is 2.39 bits per heavy atom. The van der Waals surface area contributed by atoms with Gasteiger partial charge in [-0.1, -0.05) is 0 Å².